The number of halogens is 1. The summed E-state index contributed by atoms with van der Waals surface area (Å²) in [6.07, 6.45) is 0. The number of hydrogen-bond donors (Lipinski definition) is 2. The molecule has 0 spiro atoms. The minimum atomic E-state index is -0.302. The summed E-state index contributed by atoms with van der Waals surface area (Å²) in [7, 11) is 0. The van der Waals surface area contributed by atoms with E-state index in [9.17, 15) is 9.59 Å². The number of aliphatic hydroxyl groups is 1. The monoisotopic (exact) mass is 282 g/mol. The van der Waals surface area contributed by atoms with E-state index in [-0.39, 0.29) is 30.9 Å². The highest BCUT2D eigenvalue weighted by atomic mass is 35.5. The molecule has 1 aliphatic rings. The highest BCUT2D eigenvalue weighted by molar-refractivity contribution is 6.30. The van der Waals surface area contributed by atoms with E-state index >= 15 is 0 Å². The molecule has 2 N–H and O–H groups in total. The van der Waals surface area contributed by atoms with Crippen molar-refractivity contribution < 1.29 is 14.7 Å². The van der Waals surface area contributed by atoms with Crippen molar-refractivity contribution in [3.05, 3.63) is 34.9 Å². The maximum absolute atomic E-state index is 11.7. The largest absolute Gasteiger partial charge is 0.396 e. The second-order valence-corrected chi connectivity index (χ2v) is 4.97. The Labute approximate surface area is 116 Å². The summed E-state index contributed by atoms with van der Waals surface area (Å²) in [5, 5.41) is 12.0. The van der Waals surface area contributed by atoms with E-state index in [0.717, 1.165) is 0 Å². The zero-order valence-electron chi connectivity index (χ0n) is 10.3. The van der Waals surface area contributed by atoms with Gasteiger partial charge in [0.1, 0.15) is 0 Å². The summed E-state index contributed by atoms with van der Waals surface area (Å²) in [6.45, 7) is 1.19. The zero-order chi connectivity index (χ0) is 13.8. The first-order valence-electron chi connectivity index (χ1n) is 6.02. The number of benzene rings is 1. The number of carbonyl (C=O) groups excluding carboxylic acids is 2. The predicted molar refractivity (Wildman–Crippen MR) is 70.9 cm³/mol. The fourth-order valence-corrected chi connectivity index (χ4v) is 1.99. The predicted octanol–water partition coefficient (Wildman–Crippen LogP) is 0.521. The van der Waals surface area contributed by atoms with Crippen molar-refractivity contribution in [2.24, 2.45) is 5.92 Å². The lowest BCUT2D eigenvalue weighted by Gasteiger charge is -2.38. The van der Waals surface area contributed by atoms with Gasteiger partial charge in [-0.15, -0.1) is 0 Å². The number of rotatable bonds is 4. The molecule has 0 aliphatic carbocycles. The Balaban J connectivity index is 1.78. The third-order valence-electron chi connectivity index (χ3n) is 3.07. The van der Waals surface area contributed by atoms with E-state index in [4.69, 9.17) is 16.7 Å². The van der Waals surface area contributed by atoms with Gasteiger partial charge in [-0.1, -0.05) is 11.6 Å². The summed E-state index contributed by atoms with van der Waals surface area (Å²) < 4.78 is 0. The van der Waals surface area contributed by atoms with Crippen LogP contribution in [0.2, 0.25) is 5.02 Å². The number of hydrogen-bond acceptors (Lipinski definition) is 3. The van der Waals surface area contributed by atoms with Crippen molar-refractivity contribution in [3.63, 3.8) is 0 Å². The summed E-state index contributed by atoms with van der Waals surface area (Å²) in [5.41, 5.74) is 0.467. The standard InChI is InChI=1S/C13H15ClN2O3/c14-11-3-1-10(2-4-11)13(19)15-5-12(18)16-6-9(7-16)8-17/h1-4,9,17H,5-8H2,(H,15,19). The van der Waals surface area contributed by atoms with E-state index in [1.807, 2.05) is 0 Å². The zero-order valence-corrected chi connectivity index (χ0v) is 11.1. The minimum absolute atomic E-state index is 0.0282. The van der Waals surface area contributed by atoms with Gasteiger partial charge < -0.3 is 15.3 Å². The van der Waals surface area contributed by atoms with Crippen LogP contribution in [0.5, 0.6) is 0 Å². The fraction of sp³-hybridized carbons (Fsp3) is 0.385. The second kappa shape index (κ2) is 6.04. The van der Waals surface area contributed by atoms with Crippen LogP contribution in [0.25, 0.3) is 0 Å². The van der Waals surface area contributed by atoms with Crippen molar-refractivity contribution in [3.8, 4) is 0 Å². The third kappa shape index (κ3) is 3.45. The maximum atomic E-state index is 11.7. The summed E-state index contributed by atoms with van der Waals surface area (Å²) in [4.78, 5) is 25.0. The fourth-order valence-electron chi connectivity index (χ4n) is 1.86. The normalized spacial score (nSPS) is 14.9. The van der Waals surface area contributed by atoms with Gasteiger partial charge in [-0.2, -0.15) is 0 Å². The van der Waals surface area contributed by atoms with E-state index in [1.165, 1.54) is 0 Å². The Morgan fingerprint density at radius 1 is 1.32 bits per heavy atom. The molecule has 0 atom stereocenters. The molecule has 2 rings (SSSR count). The molecule has 1 aliphatic heterocycles. The molecule has 102 valence electrons. The van der Waals surface area contributed by atoms with Crippen molar-refractivity contribution in [2.45, 2.75) is 0 Å². The van der Waals surface area contributed by atoms with Crippen LogP contribution in [0.15, 0.2) is 24.3 Å². The Morgan fingerprint density at radius 2 is 1.95 bits per heavy atom. The number of nitrogens with one attached hydrogen (secondary N) is 1. The number of nitrogens with zero attached hydrogens (tertiary/aromatic N) is 1. The first kappa shape index (κ1) is 13.8. The van der Waals surface area contributed by atoms with Gasteiger partial charge in [0.25, 0.3) is 5.91 Å². The van der Waals surface area contributed by atoms with Gasteiger partial charge in [-0.25, -0.2) is 0 Å². The van der Waals surface area contributed by atoms with Crippen molar-refractivity contribution in [1.29, 1.82) is 0 Å². The highest BCUT2D eigenvalue weighted by Crippen LogP contribution is 2.14. The van der Waals surface area contributed by atoms with Crippen LogP contribution in [0.1, 0.15) is 10.4 Å². The summed E-state index contributed by atoms with van der Waals surface area (Å²) in [6, 6.07) is 6.46. The first-order chi connectivity index (χ1) is 9.10. The molecule has 1 heterocycles. The molecule has 0 unspecified atom stereocenters. The Kier molecular flexibility index (Phi) is 4.39. The lowest BCUT2D eigenvalue weighted by atomic mass is 10.0. The van der Waals surface area contributed by atoms with Crippen LogP contribution in [-0.4, -0.2) is 48.1 Å². The summed E-state index contributed by atoms with van der Waals surface area (Å²) >= 11 is 5.73. The Hall–Kier alpha value is -1.59. The second-order valence-electron chi connectivity index (χ2n) is 4.54. The molecular weight excluding hydrogens is 268 g/mol. The van der Waals surface area contributed by atoms with Crippen molar-refractivity contribution in [1.82, 2.24) is 10.2 Å². The highest BCUT2D eigenvalue weighted by Gasteiger charge is 2.29. The van der Waals surface area contributed by atoms with Gasteiger partial charge in [0.2, 0.25) is 5.91 Å². The van der Waals surface area contributed by atoms with Gasteiger partial charge in [-0.3, -0.25) is 9.59 Å². The van der Waals surface area contributed by atoms with E-state index < -0.39 is 0 Å². The molecule has 2 amide bonds. The molecule has 1 saturated heterocycles. The molecule has 5 nitrogen and oxygen atoms in total. The SMILES string of the molecule is O=C(NCC(=O)N1CC(CO)C1)c1ccc(Cl)cc1. The molecule has 0 bridgehead atoms. The van der Waals surface area contributed by atoms with Crippen molar-refractivity contribution in [2.75, 3.05) is 26.2 Å². The number of aliphatic hydroxyl groups excluding tert-OH is 1. The van der Waals surface area contributed by atoms with Gasteiger partial charge in [0.15, 0.2) is 0 Å². The molecule has 1 fully saturated rings. The Morgan fingerprint density at radius 3 is 2.53 bits per heavy atom. The quantitative estimate of drug-likeness (QED) is 0.846. The Bertz CT molecular complexity index is 469. The first-order valence-corrected chi connectivity index (χ1v) is 6.40. The van der Waals surface area contributed by atoms with Crippen LogP contribution < -0.4 is 5.32 Å². The van der Waals surface area contributed by atoms with E-state index in [1.54, 1.807) is 29.2 Å². The van der Waals surface area contributed by atoms with Crippen molar-refractivity contribution >= 4 is 23.4 Å². The lowest BCUT2D eigenvalue weighted by Crippen LogP contribution is -2.54. The molecule has 0 aromatic heterocycles. The summed E-state index contributed by atoms with van der Waals surface area (Å²) in [5.74, 6) is -0.257. The van der Waals surface area contributed by atoms with Gasteiger partial charge in [0.05, 0.1) is 6.54 Å². The molecule has 6 heteroatoms. The van der Waals surface area contributed by atoms with Gasteiger partial charge >= 0.3 is 0 Å². The van der Waals surface area contributed by atoms with Crippen LogP contribution in [0.3, 0.4) is 0 Å². The van der Waals surface area contributed by atoms with Crippen LogP contribution in [0.4, 0.5) is 0 Å². The average Bonchev–Trinajstić information content (AvgIpc) is 2.35. The van der Waals surface area contributed by atoms with Crippen LogP contribution in [0, 0.1) is 5.92 Å². The average molecular weight is 283 g/mol. The topological polar surface area (TPSA) is 69.6 Å². The number of carbonyl (C=O) groups is 2. The van der Waals surface area contributed by atoms with Crippen LogP contribution in [-0.2, 0) is 4.79 Å². The van der Waals surface area contributed by atoms with Gasteiger partial charge in [-0.05, 0) is 24.3 Å². The molecule has 1 aromatic carbocycles. The molecule has 0 radical (unpaired) electrons. The van der Waals surface area contributed by atoms with Gasteiger partial charge in [0, 0.05) is 36.2 Å². The maximum Gasteiger partial charge on any atom is 0.251 e. The smallest absolute Gasteiger partial charge is 0.251 e. The molecule has 1 aromatic rings. The molecular formula is C13H15ClN2O3. The minimum Gasteiger partial charge on any atom is -0.396 e. The lowest BCUT2D eigenvalue weighted by molar-refractivity contribution is -0.137. The van der Waals surface area contributed by atoms with Crippen LogP contribution >= 0.6 is 11.6 Å². The number of likely N-dealkylation sites (tertiary alicyclic amines) is 1. The molecule has 0 saturated carbocycles. The number of amides is 2. The third-order valence-corrected chi connectivity index (χ3v) is 3.33. The molecule has 19 heavy (non-hydrogen) atoms. The van der Waals surface area contributed by atoms with E-state index in [0.29, 0.717) is 23.7 Å². The van der Waals surface area contributed by atoms with E-state index in [2.05, 4.69) is 5.32 Å².